The Balaban J connectivity index is 0.000000181. The molecule has 4 N–H and O–H groups in total. The molecule has 3 aromatic carbocycles. The molecule has 0 aliphatic heterocycles. The van der Waals surface area contributed by atoms with Crippen LogP contribution < -0.4 is 5.73 Å². The van der Waals surface area contributed by atoms with Crippen LogP contribution in [0.2, 0.25) is 0 Å². The Labute approximate surface area is 239 Å². The maximum Gasteiger partial charge on any atom is 0.294 e. The van der Waals surface area contributed by atoms with Gasteiger partial charge in [-0.15, -0.1) is 0 Å². The topological polar surface area (TPSA) is 174 Å². The van der Waals surface area contributed by atoms with E-state index in [2.05, 4.69) is 28.2 Å². The number of nitrogens with two attached hydrogens (primary N) is 1. The SMILES string of the molecule is Cc1cc(Cc2cccc3oc(N)nc23)cc(C)n1.Cc1ccc(S(=O)(=O)O)cc1.Cc1ccc(S(=O)(=O)O)cc1. The Bertz CT molecular complexity index is 1760. The average molecular weight is 598 g/mol. The fourth-order valence-electron chi connectivity index (χ4n) is 3.83. The number of nitrogens with zero attached hydrogens (tertiary/aromatic N) is 2. The quantitative estimate of drug-likeness (QED) is 0.225. The van der Waals surface area contributed by atoms with E-state index >= 15 is 0 Å². The molecule has 0 saturated carbocycles. The molecule has 0 radical (unpaired) electrons. The summed E-state index contributed by atoms with van der Waals surface area (Å²) in [7, 11) is -8.04. The Kier molecular flexibility index (Phi) is 10.00. The van der Waals surface area contributed by atoms with Crippen LogP contribution >= 0.6 is 0 Å². The van der Waals surface area contributed by atoms with Crippen molar-refractivity contribution in [3.63, 3.8) is 0 Å². The number of oxazole rings is 1. The van der Waals surface area contributed by atoms with Crippen LogP contribution in [-0.4, -0.2) is 35.9 Å². The predicted octanol–water partition coefficient (Wildman–Crippen LogP) is 5.50. The standard InChI is InChI=1S/C15H15N3O.2C7H8O3S/c1-9-6-11(7-10(2)17-9)8-12-4-3-5-13-14(12)18-15(16)19-13;2*1-6-2-4-7(5-3-6)11(8,9)10/h3-7H,8H2,1-2H3,(H2,16,18);2*2-5H,1H3,(H,8,9,10). The van der Waals surface area contributed by atoms with Crippen molar-refractivity contribution in [1.82, 2.24) is 9.97 Å². The minimum atomic E-state index is -4.02. The fraction of sp³-hybridized carbons (Fsp3) is 0.172. The predicted molar refractivity (Wildman–Crippen MR) is 157 cm³/mol. The van der Waals surface area contributed by atoms with Crippen molar-refractivity contribution in [1.29, 1.82) is 0 Å². The van der Waals surface area contributed by atoms with Crippen LogP contribution in [0.25, 0.3) is 11.1 Å². The molecule has 0 saturated heterocycles. The zero-order chi connectivity index (χ0) is 30.4. The van der Waals surface area contributed by atoms with E-state index in [9.17, 15) is 16.8 Å². The molecular formula is C29H31N3O7S2. The number of nitrogen functional groups attached to an aromatic ring is 1. The van der Waals surface area contributed by atoms with Crippen molar-refractivity contribution in [2.75, 3.05) is 5.73 Å². The lowest BCUT2D eigenvalue weighted by Gasteiger charge is -2.05. The number of pyridine rings is 1. The molecular weight excluding hydrogens is 566 g/mol. The van der Waals surface area contributed by atoms with Crippen LogP contribution in [0.3, 0.4) is 0 Å². The molecule has 2 heterocycles. The summed E-state index contributed by atoms with van der Waals surface area (Å²) in [5, 5.41) is 0. The molecule has 0 amide bonds. The summed E-state index contributed by atoms with van der Waals surface area (Å²) in [5.41, 5.74) is 13.5. The van der Waals surface area contributed by atoms with Crippen LogP contribution in [0.5, 0.6) is 0 Å². The number of hydrogen-bond acceptors (Lipinski definition) is 8. The van der Waals surface area contributed by atoms with Gasteiger partial charge in [-0.3, -0.25) is 14.1 Å². The van der Waals surface area contributed by atoms with Gasteiger partial charge in [-0.25, -0.2) is 0 Å². The van der Waals surface area contributed by atoms with Crippen molar-refractivity contribution >= 4 is 37.4 Å². The van der Waals surface area contributed by atoms with Crippen LogP contribution in [-0.2, 0) is 26.7 Å². The minimum absolute atomic E-state index is 0.0666. The van der Waals surface area contributed by atoms with Gasteiger partial charge in [-0.1, -0.05) is 47.5 Å². The monoisotopic (exact) mass is 597 g/mol. The fourth-order valence-corrected chi connectivity index (χ4v) is 4.79. The lowest BCUT2D eigenvalue weighted by molar-refractivity contribution is 0.481. The number of benzene rings is 3. The van der Waals surface area contributed by atoms with E-state index < -0.39 is 20.2 Å². The third kappa shape index (κ3) is 9.50. The first kappa shape index (κ1) is 31.4. The zero-order valence-corrected chi connectivity index (χ0v) is 24.6. The van der Waals surface area contributed by atoms with Crippen molar-refractivity contribution < 1.29 is 30.4 Å². The molecule has 12 heteroatoms. The molecule has 5 rings (SSSR count). The summed E-state index contributed by atoms with van der Waals surface area (Å²) in [6.07, 6.45) is 0.799. The largest absolute Gasteiger partial charge is 0.424 e. The zero-order valence-electron chi connectivity index (χ0n) is 22.9. The van der Waals surface area contributed by atoms with Gasteiger partial charge in [-0.05, 0) is 87.7 Å². The Hall–Kier alpha value is -4.10. The molecule has 0 aliphatic carbocycles. The number of hydrogen-bond donors (Lipinski definition) is 3. The van der Waals surface area contributed by atoms with Gasteiger partial charge in [0.05, 0.1) is 9.79 Å². The second-order valence-electron chi connectivity index (χ2n) is 9.33. The van der Waals surface area contributed by atoms with Gasteiger partial charge in [0, 0.05) is 11.4 Å². The summed E-state index contributed by atoms with van der Waals surface area (Å²) in [6.45, 7) is 7.69. The minimum Gasteiger partial charge on any atom is -0.424 e. The lowest BCUT2D eigenvalue weighted by Crippen LogP contribution is -1.96. The van der Waals surface area contributed by atoms with E-state index in [0.717, 1.165) is 45.6 Å². The van der Waals surface area contributed by atoms with Crippen LogP contribution in [0.15, 0.2) is 93.1 Å². The highest BCUT2D eigenvalue weighted by Gasteiger charge is 2.10. The van der Waals surface area contributed by atoms with Gasteiger partial charge in [0.25, 0.3) is 26.3 Å². The summed E-state index contributed by atoms with van der Waals surface area (Å²) in [4.78, 5) is 8.50. The van der Waals surface area contributed by atoms with Crippen LogP contribution in [0.1, 0.15) is 33.6 Å². The molecule has 0 unspecified atom stereocenters. The molecule has 216 valence electrons. The van der Waals surface area contributed by atoms with Crippen molar-refractivity contribution in [2.24, 2.45) is 0 Å². The maximum absolute atomic E-state index is 10.5. The van der Waals surface area contributed by atoms with Gasteiger partial charge in [-0.2, -0.15) is 21.8 Å². The average Bonchev–Trinajstić information content (AvgIpc) is 3.25. The van der Waals surface area contributed by atoms with Crippen molar-refractivity contribution in [2.45, 2.75) is 43.9 Å². The maximum atomic E-state index is 10.5. The van der Waals surface area contributed by atoms with E-state index in [0.29, 0.717) is 0 Å². The Morgan fingerprint density at radius 3 is 1.61 bits per heavy atom. The second kappa shape index (κ2) is 13.0. The van der Waals surface area contributed by atoms with Crippen LogP contribution in [0, 0.1) is 27.7 Å². The van der Waals surface area contributed by atoms with Gasteiger partial charge < -0.3 is 10.2 Å². The molecule has 0 atom stereocenters. The summed E-state index contributed by atoms with van der Waals surface area (Å²) in [6, 6.07) is 22.3. The summed E-state index contributed by atoms with van der Waals surface area (Å²) in [5.74, 6) is 0. The van der Waals surface area contributed by atoms with Crippen molar-refractivity contribution in [3.05, 3.63) is 113 Å². The Morgan fingerprint density at radius 1 is 0.707 bits per heavy atom. The van der Waals surface area contributed by atoms with E-state index in [1.807, 2.05) is 39.8 Å². The number of rotatable bonds is 4. The highest BCUT2D eigenvalue weighted by Crippen LogP contribution is 2.23. The lowest BCUT2D eigenvalue weighted by atomic mass is 10.0. The molecule has 2 aromatic heterocycles. The molecule has 0 bridgehead atoms. The number of fused-ring (bicyclic) bond motifs is 1. The molecule has 0 aliphatic rings. The van der Waals surface area contributed by atoms with Gasteiger partial charge in [0.2, 0.25) is 0 Å². The number of aryl methyl sites for hydroxylation is 4. The highest BCUT2D eigenvalue weighted by molar-refractivity contribution is 7.86. The smallest absolute Gasteiger partial charge is 0.294 e. The number of aromatic nitrogens is 2. The Morgan fingerprint density at radius 2 is 1.17 bits per heavy atom. The summed E-state index contributed by atoms with van der Waals surface area (Å²) >= 11 is 0. The van der Waals surface area contributed by atoms with Crippen LogP contribution in [0.4, 0.5) is 6.01 Å². The van der Waals surface area contributed by atoms with E-state index in [4.69, 9.17) is 19.3 Å². The van der Waals surface area contributed by atoms with E-state index in [1.165, 1.54) is 29.8 Å². The van der Waals surface area contributed by atoms with E-state index in [1.54, 1.807) is 24.3 Å². The first-order chi connectivity index (χ1) is 19.1. The first-order valence-corrected chi connectivity index (χ1v) is 15.2. The highest BCUT2D eigenvalue weighted by atomic mass is 32.2. The van der Waals surface area contributed by atoms with Gasteiger partial charge >= 0.3 is 0 Å². The van der Waals surface area contributed by atoms with Gasteiger partial charge in [0.15, 0.2) is 5.58 Å². The number of para-hydroxylation sites is 1. The molecule has 10 nitrogen and oxygen atoms in total. The molecule has 5 aromatic rings. The second-order valence-corrected chi connectivity index (χ2v) is 12.2. The third-order valence-corrected chi connectivity index (χ3v) is 7.43. The van der Waals surface area contributed by atoms with E-state index in [-0.39, 0.29) is 15.8 Å². The summed E-state index contributed by atoms with van der Waals surface area (Å²) < 4.78 is 64.5. The normalized spacial score (nSPS) is 11.3. The molecule has 0 spiro atoms. The molecule has 41 heavy (non-hydrogen) atoms. The first-order valence-electron chi connectivity index (χ1n) is 12.3. The van der Waals surface area contributed by atoms with Crippen molar-refractivity contribution in [3.8, 4) is 0 Å². The van der Waals surface area contributed by atoms with Gasteiger partial charge in [0.1, 0.15) is 5.52 Å². The number of anilines is 1. The molecule has 0 fully saturated rings. The third-order valence-electron chi connectivity index (χ3n) is 5.69.